The highest BCUT2D eigenvalue weighted by Crippen LogP contribution is 2.43. The fourth-order valence-electron chi connectivity index (χ4n) is 6.81. The lowest BCUT2D eigenvalue weighted by Gasteiger charge is -2.49. The van der Waals surface area contributed by atoms with Crippen LogP contribution in [0.2, 0.25) is 0 Å². The lowest BCUT2D eigenvalue weighted by Crippen LogP contribution is -2.69. The number of hydrogen-bond donors (Lipinski definition) is 2. The summed E-state index contributed by atoms with van der Waals surface area (Å²) in [6, 6.07) is 26.2. The Morgan fingerprint density at radius 2 is 1.34 bits per heavy atom. The second-order valence-corrected chi connectivity index (χ2v) is 15.1. The molecule has 0 aliphatic heterocycles. The van der Waals surface area contributed by atoms with E-state index in [1.54, 1.807) is 14.2 Å². The van der Waals surface area contributed by atoms with Crippen molar-refractivity contribution in [1.29, 1.82) is 5.26 Å². The van der Waals surface area contributed by atoms with Crippen molar-refractivity contribution in [3.63, 3.8) is 0 Å². The average molecular weight is 802 g/mol. The molecule has 0 saturated heterocycles. The van der Waals surface area contributed by atoms with Gasteiger partial charge in [0.05, 0.1) is 33.3 Å². The van der Waals surface area contributed by atoms with Crippen molar-refractivity contribution in [3.05, 3.63) is 95.6 Å². The number of nitrogens with one attached hydrogen (secondary N) is 2. The Morgan fingerprint density at radius 1 is 0.804 bits per heavy atom. The molecular weight excluding hydrogens is 748 g/mol. The summed E-state index contributed by atoms with van der Waals surface area (Å²) >= 11 is 0. The summed E-state index contributed by atoms with van der Waals surface area (Å²) < 4.78 is 75.2. The van der Waals surface area contributed by atoms with Gasteiger partial charge < -0.3 is 24.8 Å². The summed E-state index contributed by atoms with van der Waals surface area (Å²) in [5.74, 6) is -1.13. The third-order valence-corrected chi connectivity index (χ3v) is 10.2. The molecule has 0 aliphatic rings. The van der Waals surface area contributed by atoms with Gasteiger partial charge in [-0.3, -0.25) is 14.5 Å². The molecule has 2 unspecified atom stereocenters. The van der Waals surface area contributed by atoms with Gasteiger partial charge in [0.1, 0.15) is 29.4 Å². The Morgan fingerprint density at radius 3 is 1.82 bits per heavy atom. The summed E-state index contributed by atoms with van der Waals surface area (Å²) in [5.41, 5.74) is -0.464. The first kappa shape index (κ1) is 45.8. The highest BCUT2D eigenvalue weighted by atomic mass is 31.1. The largest absolute Gasteiger partial charge is 0.509 e. The van der Waals surface area contributed by atoms with Gasteiger partial charge in [-0.25, -0.2) is 0 Å². The van der Waals surface area contributed by atoms with Gasteiger partial charge in [-0.1, -0.05) is 61.0 Å². The van der Waals surface area contributed by atoms with E-state index in [9.17, 15) is 27.3 Å². The minimum Gasteiger partial charge on any atom is -0.497 e. The van der Waals surface area contributed by atoms with E-state index < -0.39 is 37.3 Å². The summed E-state index contributed by atoms with van der Waals surface area (Å²) in [7, 11) is 0.858. The van der Waals surface area contributed by atoms with Crippen molar-refractivity contribution in [1.82, 2.24) is 15.5 Å². The van der Waals surface area contributed by atoms with Crippen LogP contribution in [-0.4, -0.2) is 80.8 Å². The molecule has 2 N–H and O–H groups in total. The summed E-state index contributed by atoms with van der Waals surface area (Å²) in [5, 5.41) is 14.2. The number of unbranched alkanes of at least 4 members (excludes halogenated alkanes) is 2. The minimum absolute atomic E-state index is 0.000352. The van der Waals surface area contributed by atoms with Crippen LogP contribution >= 0.6 is 8.03 Å². The number of amides is 2. The number of halogens is 3. The quantitative estimate of drug-likeness (QED) is 0.0425. The molecule has 3 aromatic rings. The van der Waals surface area contributed by atoms with E-state index in [4.69, 9.17) is 24.0 Å². The van der Waals surface area contributed by atoms with Crippen LogP contribution in [-0.2, 0) is 29.0 Å². The number of ether oxygens (including phenoxy) is 3. The van der Waals surface area contributed by atoms with E-state index in [1.165, 1.54) is 0 Å². The normalized spacial score (nSPS) is 13.2. The average Bonchev–Trinajstić information content (AvgIpc) is 3.17. The number of nitrogens with zero attached hydrogens (tertiary/aromatic N) is 2. The molecule has 0 spiro atoms. The number of methoxy groups -OCH3 is 2. The van der Waals surface area contributed by atoms with E-state index in [0.29, 0.717) is 24.3 Å². The maximum atomic E-state index is 14.0. The molecular formula is C41H53F3N4O7P+. The number of rotatable bonds is 23. The molecule has 0 aromatic heterocycles. The number of benzene rings is 3. The molecule has 3 rings (SSSR count). The van der Waals surface area contributed by atoms with Crippen molar-refractivity contribution >= 4 is 19.8 Å². The van der Waals surface area contributed by atoms with E-state index in [1.807, 2.05) is 123 Å². The second-order valence-electron chi connectivity index (χ2n) is 13.8. The fourth-order valence-corrected chi connectivity index (χ4v) is 7.58. The smallest absolute Gasteiger partial charge is 0.497 e. The molecule has 0 saturated carbocycles. The zero-order chi connectivity index (χ0) is 41.4. The van der Waals surface area contributed by atoms with Crippen LogP contribution in [0, 0.1) is 11.3 Å². The molecule has 0 fully saturated rings. The van der Waals surface area contributed by atoms with Gasteiger partial charge in [-0.15, -0.1) is 4.52 Å². The molecule has 0 radical (unpaired) electrons. The van der Waals surface area contributed by atoms with Gasteiger partial charge in [0.25, 0.3) is 0 Å². The summed E-state index contributed by atoms with van der Waals surface area (Å²) in [6.07, 6.45) is -4.04. The Labute approximate surface area is 328 Å². The zero-order valence-corrected chi connectivity index (χ0v) is 33.8. The third-order valence-electron chi connectivity index (χ3n) is 9.16. The Kier molecular flexibility index (Phi) is 17.7. The molecule has 304 valence electrons. The van der Waals surface area contributed by atoms with E-state index in [2.05, 4.69) is 5.32 Å². The predicted octanol–water partition coefficient (Wildman–Crippen LogP) is 7.86. The van der Waals surface area contributed by atoms with Crippen LogP contribution in [0.1, 0.15) is 76.5 Å². The first-order chi connectivity index (χ1) is 26.6. The number of alkyl halides is 3. The van der Waals surface area contributed by atoms with E-state index in [-0.39, 0.29) is 57.3 Å². The molecule has 56 heavy (non-hydrogen) atoms. The van der Waals surface area contributed by atoms with Crippen molar-refractivity contribution in [2.45, 2.75) is 89.3 Å². The number of carbonyl (C=O) groups is 2. The topological polar surface area (TPSA) is 139 Å². The molecule has 15 heteroatoms. The Bertz CT molecular complexity index is 1680. The van der Waals surface area contributed by atoms with Crippen LogP contribution in [0.4, 0.5) is 13.2 Å². The van der Waals surface area contributed by atoms with Crippen LogP contribution in [0.5, 0.6) is 11.5 Å². The van der Waals surface area contributed by atoms with Crippen LogP contribution in [0.25, 0.3) is 0 Å². The van der Waals surface area contributed by atoms with Crippen molar-refractivity contribution in [3.8, 4) is 17.6 Å². The molecule has 2 amide bonds. The molecule has 0 heterocycles. The fraction of sp³-hybridized carbons (Fsp3) is 0.488. The van der Waals surface area contributed by atoms with Crippen molar-refractivity contribution < 1.29 is 46.1 Å². The van der Waals surface area contributed by atoms with Crippen LogP contribution in [0.15, 0.2) is 78.9 Å². The zero-order valence-electron chi connectivity index (χ0n) is 32.9. The second kappa shape index (κ2) is 21.7. The summed E-state index contributed by atoms with van der Waals surface area (Å²) in [6.45, 7) is 7.20. The minimum atomic E-state index is -4.97. The van der Waals surface area contributed by atoms with E-state index in [0.717, 1.165) is 16.7 Å². The van der Waals surface area contributed by atoms with Gasteiger partial charge in [0.2, 0.25) is 5.91 Å². The number of nitriles is 1. The number of carbonyl (C=O) groups excluding carboxylic acids is 2. The van der Waals surface area contributed by atoms with Crippen LogP contribution < -0.4 is 20.1 Å². The van der Waals surface area contributed by atoms with Crippen LogP contribution in [0.3, 0.4) is 0 Å². The van der Waals surface area contributed by atoms with Gasteiger partial charge in [-0.05, 0) is 86.1 Å². The van der Waals surface area contributed by atoms with E-state index >= 15 is 0 Å². The standard InChI is InChI=1S/C41H52F3N4O7P/c1-30(2)48(31(3)4)39(29-55-56(51)27-13-25-45,47-37(49)16-11-8-12-26-46-38(50)41(42,43)44)28-54-40(32-14-9-7-10-15-32,33-17-21-35(52-5)22-18-33)34-19-23-36(53-6)24-20-34/h7,9-10,14-15,17-24,30-31H,8,11-13,16,26-29H2,1-6H3,(H-,46,47,49,50)/p+1. The Balaban J connectivity index is 2.14. The molecule has 0 bridgehead atoms. The Hall–Kier alpha value is -4.54. The molecule has 0 aliphatic carbocycles. The van der Waals surface area contributed by atoms with Crippen molar-refractivity contribution in [2.24, 2.45) is 0 Å². The lowest BCUT2D eigenvalue weighted by atomic mass is 9.79. The third kappa shape index (κ3) is 12.5. The molecule has 11 nitrogen and oxygen atoms in total. The summed E-state index contributed by atoms with van der Waals surface area (Å²) in [4.78, 5) is 27.2. The maximum Gasteiger partial charge on any atom is 0.509 e. The first-order valence-corrected chi connectivity index (χ1v) is 19.9. The van der Waals surface area contributed by atoms with Gasteiger partial charge in [0, 0.05) is 25.0 Å². The number of hydrogen-bond acceptors (Lipinski definition) is 9. The lowest BCUT2D eigenvalue weighted by molar-refractivity contribution is -0.173. The van der Waals surface area contributed by atoms with Crippen molar-refractivity contribution in [2.75, 3.05) is 40.1 Å². The first-order valence-electron chi connectivity index (χ1n) is 18.5. The maximum absolute atomic E-state index is 14.0. The highest BCUT2D eigenvalue weighted by molar-refractivity contribution is 7.39. The van der Waals surface area contributed by atoms with Gasteiger partial charge in [0.15, 0.2) is 6.16 Å². The van der Waals surface area contributed by atoms with Gasteiger partial charge in [-0.2, -0.15) is 18.4 Å². The SMILES string of the molecule is COc1ccc(C(OCC(CO[P+](=O)CCC#N)(NC(=O)CCCCCNC(=O)C(F)(F)F)N(C(C)C)C(C)C)(c2ccccc2)c2ccc(OC)cc2)cc1. The molecule has 3 aromatic carbocycles. The highest BCUT2D eigenvalue weighted by Gasteiger charge is 2.48. The predicted molar refractivity (Wildman–Crippen MR) is 207 cm³/mol. The van der Waals surface area contributed by atoms with Gasteiger partial charge >= 0.3 is 20.1 Å². The monoisotopic (exact) mass is 801 g/mol. The molecule has 2 atom stereocenters.